The topological polar surface area (TPSA) is 89.1 Å². The van der Waals surface area contributed by atoms with Gasteiger partial charge in [-0.2, -0.15) is 5.10 Å². The summed E-state index contributed by atoms with van der Waals surface area (Å²) in [5.74, 6) is 0.451. The van der Waals surface area contributed by atoms with Gasteiger partial charge < -0.3 is 14.4 Å². The summed E-state index contributed by atoms with van der Waals surface area (Å²) in [4.78, 5) is 36.9. The zero-order valence-electron chi connectivity index (χ0n) is 16.8. The molecule has 2 aromatic heterocycles. The Labute approximate surface area is 170 Å². The van der Waals surface area contributed by atoms with Gasteiger partial charge in [0.25, 0.3) is 0 Å². The van der Waals surface area contributed by atoms with E-state index in [1.165, 1.54) is 6.33 Å². The third kappa shape index (κ3) is 4.83. The Morgan fingerprint density at radius 1 is 1.07 bits per heavy atom. The highest BCUT2D eigenvalue weighted by Gasteiger charge is 2.41. The molecule has 156 valence electrons. The van der Waals surface area contributed by atoms with Crippen LogP contribution in [0.4, 0.5) is 0 Å². The van der Waals surface area contributed by atoms with Crippen molar-refractivity contribution in [1.29, 1.82) is 0 Å². The van der Waals surface area contributed by atoms with Crippen LogP contribution in [0, 0.1) is 5.41 Å². The molecule has 29 heavy (non-hydrogen) atoms. The summed E-state index contributed by atoms with van der Waals surface area (Å²) in [5.41, 5.74) is 0.172. The van der Waals surface area contributed by atoms with Crippen molar-refractivity contribution >= 4 is 11.8 Å². The minimum absolute atomic E-state index is 0.172. The predicted octanol–water partition coefficient (Wildman–Crippen LogP) is 1.19. The first-order valence-electron chi connectivity index (χ1n) is 10.5. The van der Waals surface area contributed by atoms with Crippen LogP contribution in [0.1, 0.15) is 38.5 Å². The molecule has 9 heteroatoms. The average molecular weight is 399 g/mol. The van der Waals surface area contributed by atoms with Gasteiger partial charge in [0.05, 0.1) is 12.9 Å². The van der Waals surface area contributed by atoms with Crippen LogP contribution in [0.5, 0.6) is 0 Å². The Morgan fingerprint density at radius 2 is 1.93 bits per heavy atom. The number of carbonyl (C=O) groups excluding carboxylic acids is 2. The summed E-state index contributed by atoms with van der Waals surface area (Å²) in [6.45, 7) is 4.64. The van der Waals surface area contributed by atoms with Crippen LogP contribution in [0.25, 0.3) is 0 Å². The quantitative estimate of drug-likeness (QED) is 0.698. The number of rotatable bonds is 7. The number of imidazole rings is 1. The van der Waals surface area contributed by atoms with Crippen molar-refractivity contribution in [3.63, 3.8) is 0 Å². The van der Waals surface area contributed by atoms with Gasteiger partial charge in [0.15, 0.2) is 0 Å². The van der Waals surface area contributed by atoms with E-state index in [1.807, 2.05) is 26.9 Å². The highest BCUT2D eigenvalue weighted by atomic mass is 16.2. The van der Waals surface area contributed by atoms with Gasteiger partial charge in [0.1, 0.15) is 12.7 Å². The highest BCUT2D eigenvalue weighted by Crippen LogP contribution is 2.40. The van der Waals surface area contributed by atoms with Crippen LogP contribution in [-0.2, 0) is 22.7 Å². The van der Waals surface area contributed by atoms with Crippen LogP contribution in [0.3, 0.4) is 0 Å². The van der Waals surface area contributed by atoms with Crippen LogP contribution in [-0.4, -0.2) is 72.1 Å². The summed E-state index contributed by atoms with van der Waals surface area (Å²) in [7, 11) is 0. The number of carbonyl (C=O) groups is 2. The molecule has 4 heterocycles. The van der Waals surface area contributed by atoms with Gasteiger partial charge >= 0.3 is 0 Å². The van der Waals surface area contributed by atoms with Crippen molar-refractivity contribution in [2.75, 3.05) is 26.2 Å². The fraction of sp³-hybridized carbons (Fsp3) is 0.650. The minimum atomic E-state index is 0.172. The first-order valence-corrected chi connectivity index (χ1v) is 10.5. The minimum Gasteiger partial charge on any atom is -0.343 e. The van der Waals surface area contributed by atoms with Crippen molar-refractivity contribution in [2.45, 2.75) is 51.6 Å². The van der Waals surface area contributed by atoms with E-state index in [0.717, 1.165) is 58.4 Å². The second kappa shape index (κ2) is 8.75. The molecule has 4 rings (SSSR count). The Hall–Kier alpha value is -2.71. The molecule has 0 atom stereocenters. The zero-order chi connectivity index (χ0) is 20.1. The maximum atomic E-state index is 12.5. The van der Waals surface area contributed by atoms with Gasteiger partial charge in [0, 0.05) is 58.0 Å². The number of hydrogen-bond donors (Lipinski definition) is 0. The second-order valence-corrected chi connectivity index (χ2v) is 8.26. The summed E-state index contributed by atoms with van der Waals surface area (Å²) in [5, 5.41) is 4.05. The second-order valence-electron chi connectivity index (χ2n) is 8.26. The number of likely N-dealkylation sites (tertiary alicyclic amines) is 2. The monoisotopic (exact) mass is 399 g/mol. The molecule has 2 aliphatic rings. The fourth-order valence-corrected chi connectivity index (χ4v) is 4.52. The molecule has 0 N–H and O–H groups in total. The smallest absolute Gasteiger partial charge is 0.224 e. The van der Waals surface area contributed by atoms with Gasteiger partial charge in [-0.15, -0.1) is 0 Å². The lowest BCUT2D eigenvalue weighted by Crippen LogP contribution is -2.52. The van der Waals surface area contributed by atoms with Crippen molar-refractivity contribution in [3.8, 4) is 0 Å². The molecular formula is C20H29N7O2. The Kier molecular flexibility index (Phi) is 5.92. The Balaban J connectivity index is 1.24. The molecule has 0 aliphatic carbocycles. The number of amides is 2. The van der Waals surface area contributed by atoms with Crippen molar-refractivity contribution in [3.05, 3.63) is 31.4 Å². The van der Waals surface area contributed by atoms with Gasteiger partial charge in [-0.3, -0.25) is 14.3 Å². The van der Waals surface area contributed by atoms with Crippen LogP contribution >= 0.6 is 0 Å². The van der Waals surface area contributed by atoms with Gasteiger partial charge in [0.2, 0.25) is 11.8 Å². The molecule has 0 saturated carbocycles. The molecule has 2 fully saturated rings. The molecule has 9 nitrogen and oxygen atoms in total. The van der Waals surface area contributed by atoms with Gasteiger partial charge in [-0.05, 0) is 31.1 Å². The van der Waals surface area contributed by atoms with E-state index in [1.54, 1.807) is 17.2 Å². The molecular weight excluding hydrogens is 370 g/mol. The first-order chi connectivity index (χ1) is 14.1. The highest BCUT2D eigenvalue weighted by molar-refractivity contribution is 5.77. The molecule has 0 aromatic carbocycles. The lowest BCUT2D eigenvalue weighted by molar-refractivity contribution is -0.142. The summed E-state index contributed by atoms with van der Waals surface area (Å²) >= 11 is 0. The van der Waals surface area contributed by atoms with E-state index in [0.29, 0.717) is 19.4 Å². The molecule has 2 amide bonds. The first kappa shape index (κ1) is 19.6. The maximum Gasteiger partial charge on any atom is 0.224 e. The normalized spacial score (nSPS) is 19.1. The molecule has 0 radical (unpaired) electrons. The van der Waals surface area contributed by atoms with E-state index in [9.17, 15) is 9.59 Å². The third-order valence-corrected chi connectivity index (χ3v) is 6.35. The molecule has 0 bridgehead atoms. The average Bonchev–Trinajstić information content (AvgIpc) is 3.44. The summed E-state index contributed by atoms with van der Waals surface area (Å²) in [6, 6.07) is 0. The summed E-state index contributed by atoms with van der Waals surface area (Å²) in [6.07, 6.45) is 13.6. The molecule has 0 unspecified atom stereocenters. The van der Waals surface area contributed by atoms with Crippen molar-refractivity contribution in [2.24, 2.45) is 5.41 Å². The van der Waals surface area contributed by atoms with E-state index in [4.69, 9.17) is 0 Å². The third-order valence-electron chi connectivity index (χ3n) is 6.35. The number of nitrogens with zero attached hydrogens (tertiary/aromatic N) is 7. The Morgan fingerprint density at radius 3 is 2.66 bits per heavy atom. The van der Waals surface area contributed by atoms with Crippen LogP contribution in [0.15, 0.2) is 31.4 Å². The molecule has 2 saturated heterocycles. The molecule has 1 spiro atoms. The zero-order valence-corrected chi connectivity index (χ0v) is 16.8. The fourth-order valence-electron chi connectivity index (χ4n) is 4.52. The van der Waals surface area contributed by atoms with E-state index in [-0.39, 0.29) is 17.2 Å². The number of aryl methyl sites for hydroxylation is 2. The SMILES string of the molecule is O=C(CCn1cncn1)N1CCC2(CCC(=O)N(CCCn3ccnc3)C2)CC1. The molecule has 2 aromatic rings. The van der Waals surface area contributed by atoms with E-state index in [2.05, 4.69) is 15.1 Å². The van der Waals surface area contributed by atoms with Gasteiger partial charge in [-0.1, -0.05) is 0 Å². The maximum absolute atomic E-state index is 12.5. The molecule has 2 aliphatic heterocycles. The van der Waals surface area contributed by atoms with E-state index < -0.39 is 0 Å². The van der Waals surface area contributed by atoms with Crippen molar-refractivity contribution < 1.29 is 9.59 Å². The number of hydrogen-bond acceptors (Lipinski definition) is 5. The van der Waals surface area contributed by atoms with Crippen molar-refractivity contribution in [1.82, 2.24) is 34.1 Å². The Bertz CT molecular complexity index is 795. The van der Waals surface area contributed by atoms with Crippen LogP contribution in [0.2, 0.25) is 0 Å². The lowest BCUT2D eigenvalue weighted by Gasteiger charge is -2.47. The van der Waals surface area contributed by atoms with E-state index >= 15 is 0 Å². The van der Waals surface area contributed by atoms with Crippen LogP contribution < -0.4 is 0 Å². The largest absolute Gasteiger partial charge is 0.343 e. The number of piperidine rings is 2. The number of aromatic nitrogens is 5. The lowest BCUT2D eigenvalue weighted by atomic mass is 9.72. The van der Waals surface area contributed by atoms with Gasteiger partial charge in [-0.25, -0.2) is 9.97 Å². The predicted molar refractivity (Wildman–Crippen MR) is 106 cm³/mol. The summed E-state index contributed by atoms with van der Waals surface area (Å²) < 4.78 is 3.74. The standard InChI is InChI=1S/C20H29N7O2/c28-18-2-4-20(14-26(18)9-1-8-24-13-7-21-16-24)5-11-25(12-6-20)19(29)3-10-27-17-22-15-23-27/h7,13,15-17H,1-6,8-12,14H2.